The van der Waals surface area contributed by atoms with Crippen LogP contribution in [-0.2, 0) is 13.6 Å². The van der Waals surface area contributed by atoms with Crippen molar-refractivity contribution in [2.75, 3.05) is 6.61 Å². The SMILES string of the molecule is CCCCOP(=O)(O)OC(C)CC. The monoisotopic (exact) mass is 210 g/mol. The average Bonchev–Trinajstić information content (AvgIpc) is 2.03. The summed E-state index contributed by atoms with van der Waals surface area (Å²) >= 11 is 0. The minimum absolute atomic E-state index is 0.238. The van der Waals surface area contributed by atoms with Crippen LogP contribution in [-0.4, -0.2) is 17.6 Å². The summed E-state index contributed by atoms with van der Waals surface area (Å²) in [6.07, 6.45) is 2.16. The van der Waals surface area contributed by atoms with E-state index in [1.165, 1.54) is 0 Å². The predicted octanol–water partition coefficient (Wildman–Crippen LogP) is 2.72. The molecule has 0 spiro atoms. The molecule has 1 N–H and O–H groups in total. The minimum Gasteiger partial charge on any atom is -0.302 e. The van der Waals surface area contributed by atoms with E-state index in [0.717, 1.165) is 12.8 Å². The van der Waals surface area contributed by atoms with Gasteiger partial charge in [0.25, 0.3) is 0 Å². The second kappa shape index (κ2) is 6.55. The van der Waals surface area contributed by atoms with Crippen LogP contribution in [0.3, 0.4) is 0 Å². The zero-order chi connectivity index (χ0) is 10.3. The van der Waals surface area contributed by atoms with Crippen molar-refractivity contribution in [3.63, 3.8) is 0 Å². The van der Waals surface area contributed by atoms with Crippen molar-refractivity contribution in [3.8, 4) is 0 Å². The Morgan fingerprint density at radius 2 is 2.08 bits per heavy atom. The molecule has 0 heterocycles. The van der Waals surface area contributed by atoms with Crippen molar-refractivity contribution in [2.45, 2.75) is 46.1 Å². The molecular weight excluding hydrogens is 191 g/mol. The number of unbranched alkanes of at least 4 members (excludes halogenated alkanes) is 1. The molecule has 80 valence electrons. The molecule has 0 aliphatic rings. The molecule has 0 aromatic rings. The second-order valence-corrected chi connectivity index (χ2v) is 4.39. The topological polar surface area (TPSA) is 55.8 Å². The van der Waals surface area contributed by atoms with Crippen LogP contribution < -0.4 is 0 Å². The number of phosphoric acid groups is 1. The van der Waals surface area contributed by atoms with Gasteiger partial charge < -0.3 is 4.89 Å². The molecule has 0 saturated carbocycles. The summed E-state index contributed by atoms with van der Waals surface area (Å²) in [6, 6.07) is 0. The first-order valence-electron chi connectivity index (χ1n) is 4.67. The molecule has 0 fully saturated rings. The van der Waals surface area contributed by atoms with E-state index < -0.39 is 7.82 Å². The van der Waals surface area contributed by atoms with Crippen molar-refractivity contribution < 1.29 is 18.5 Å². The molecule has 0 aromatic carbocycles. The Kier molecular flexibility index (Phi) is 6.60. The molecule has 0 bridgehead atoms. The largest absolute Gasteiger partial charge is 0.472 e. The fraction of sp³-hybridized carbons (Fsp3) is 1.00. The van der Waals surface area contributed by atoms with E-state index in [1.54, 1.807) is 6.92 Å². The summed E-state index contributed by atoms with van der Waals surface area (Å²) in [7, 11) is -3.79. The molecule has 0 saturated heterocycles. The molecule has 0 amide bonds. The Bertz CT molecular complexity index is 172. The Hall–Kier alpha value is 0.110. The van der Waals surface area contributed by atoms with Crippen LogP contribution in [0.25, 0.3) is 0 Å². The summed E-state index contributed by atoms with van der Waals surface area (Å²) in [6.45, 7) is 5.89. The number of rotatable bonds is 7. The molecule has 5 heteroatoms. The van der Waals surface area contributed by atoms with E-state index in [9.17, 15) is 4.57 Å². The van der Waals surface area contributed by atoms with Gasteiger partial charge >= 0.3 is 7.82 Å². The lowest BCUT2D eigenvalue weighted by Crippen LogP contribution is -2.06. The number of hydrogen-bond acceptors (Lipinski definition) is 3. The van der Waals surface area contributed by atoms with Crippen molar-refractivity contribution in [1.29, 1.82) is 0 Å². The smallest absolute Gasteiger partial charge is 0.302 e. The summed E-state index contributed by atoms with van der Waals surface area (Å²) in [5.74, 6) is 0. The third-order valence-electron chi connectivity index (χ3n) is 1.64. The van der Waals surface area contributed by atoms with Crippen LogP contribution in [0.5, 0.6) is 0 Å². The van der Waals surface area contributed by atoms with Gasteiger partial charge in [0.1, 0.15) is 0 Å². The number of phosphoric ester groups is 1. The van der Waals surface area contributed by atoms with E-state index in [-0.39, 0.29) is 12.7 Å². The first-order valence-corrected chi connectivity index (χ1v) is 6.17. The number of hydrogen-bond donors (Lipinski definition) is 1. The van der Waals surface area contributed by atoms with Gasteiger partial charge in [0.05, 0.1) is 12.7 Å². The van der Waals surface area contributed by atoms with Crippen LogP contribution in [0.4, 0.5) is 0 Å². The molecule has 2 unspecified atom stereocenters. The van der Waals surface area contributed by atoms with Crippen molar-refractivity contribution in [3.05, 3.63) is 0 Å². The Morgan fingerprint density at radius 3 is 2.54 bits per heavy atom. The van der Waals surface area contributed by atoms with E-state index in [1.807, 2.05) is 13.8 Å². The highest BCUT2D eigenvalue weighted by molar-refractivity contribution is 7.47. The van der Waals surface area contributed by atoms with Gasteiger partial charge in [-0.3, -0.25) is 9.05 Å². The normalized spacial score (nSPS) is 18.2. The molecule has 0 aliphatic carbocycles. The van der Waals surface area contributed by atoms with Crippen molar-refractivity contribution >= 4 is 7.82 Å². The van der Waals surface area contributed by atoms with Crippen LogP contribution >= 0.6 is 7.82 Å². The predicted molar refractivity (Wildman–Crippen MR) is 51.5 cm³/mol. The maximum absolute atomic E-state index is 11.2. The minimum atomic E-state index is -3.79. The van der Waals surface area contributed by atoms with Gasteiger partial charge in [-0.05, 0) is 19.8 Å². The highest BCUT2D eigenvalue weighted by Crippen LogP contribution is 2.44. The van der Waals surface area contributed by atoms with Gasteiger partial charge in [-0.15, -0.1) is 0 Å². The van der Waals surface area contributed by atoms with Gasteiger partial charge in [0, 0.05) is 0 Å². The van der Waals surface area contributed by atoms with Gasteiger partial charge in [0.2, 0.25) is 0 Å². The first kappa shape index (κ1) is 13.1. The fourth-order valence-corrected chi connectivity index (χ4v) is 1.68. The molecular formula is C8H19O4P. The van der Waals surface area contributed by atoms with E-state index >= 15 is 0 Å². The molecule has 0 rings (SSSR count). The van der Waals surface area contributed by atoms with Crippen LogP contribution in [0.2, 0.25) is 0 Å². The lowest BCUT2D eigenvalue weighted by Gasteiger charge is -2.15. The van der Waals surface area contributed by atoms with E-state index in [4.69, 9.17) is 13.9 Å². The van der Waals surface area contributed by atoms with E-state index in [2.05, 4.69) is 0 Å². The van der Waals surface area contributed by atoms with Gasteiger partial charge in [-0.25, -0.2) is 4.57 Å². The fourth-order valence-electron chi connectivity index (χ4n) is 0.657. The van der Waals surface area contributed by atoms with Crippen LogP contribution in [0.15, 0.2) is 0 Å². The van der Waals surface area contributed by atoms with Crippen molar-refractivity contribution in [1.82, 2.24) is 0 Å². The molecule has 0 radical (unpaired) electrons. The third kappa shape index (κ3) is 7.20. The van der Waals surface area contributed by atoms with Crippen molar-refractivity contribution in [2.24, 2.45) is 0 Å². The molecule has 0 aromatic heterocycles. The highest BCUT2D eigenvalue weighted by atomic mass is 31.2. The van der Waals surface area contributed by atoms with Crippen LogP contribution in [0.1, 0.15) is 40.0 Å². The average molecular weight is 210 g/mol. The molecule has 13 heavy (non-hydrogen) atoms. The van der Waals surface area contributed by atoms with Gasteiger partial charge in [0.15, 0.2) is 0 Å². The van der Waals surface area contributed by atoms with E-state index in [0.29, 0.717) is 6.42 Å². The highest BCUT2D eigenvalue weighted by Gasteiger charge is 2.22. The van der Waals surface area contributed by atoms with Crippen LogP contribution in [0, 0.1) is 0 Å². The lowest BCUT2D eigenvalue weighted by molar-refractivity contribution is 0.110. The summed E-state index contributed by atoms with van der Waals surface area (Å²) in [5.41, 5.74) is 0. The Labute approximate surface area is 79.9 Å². The standard InChI is InChI=1S/C8H19O4P/c1-4-6-7-11-13(9,10)12-8(3)5-2/h8H,4-7H2,1-3H3,(H,9,10). The Morgan fingerprint density at radius 1 is 1.46 bits per heavy atom. The quantitative estimate of drug-likeness (QED) is 0.518. The first-order chi connectivity index (χ1) is 6.02. The van der Waals surface area contributed by atoms with Gasteiger partial charge in [-0.2, -0.15) is 0 Å². The molecule has 4 nitrogen and oxygen atoms in total. The molecule has 2 atom stereocenters. The second-order valence-electron chi connectivity index (χ2n) is 2.98. The zero-order valence-electron chi connectivity index (χ0n) is 8.52. The summed E-state index contributed by atoms with van der Waals surface area (Å²) in [5, 5.41) is 0. The summed E-state index contributed by atoms with van der Waals surface area (Å²) in [4.78, 5) is 9.15. The molecule has 0 aliphatic heterocycles. The third-order valence-corrected chi connectivity index (χ3v) is 2.78. The maximum Gasteiger partial charge on any atom is 0.472 e. The zero-order valence-corrected chi connectivity index (χ0v) is 9.42. The Balaban J connectivity index is 3.73. The summed E-state index contributed by atoms with van der Waals surface area (Å²) < 4.78 is 20.7. The lowest BCUT2D eigenvalue weighted by atomic mass is 10.3. The van der Waals surface area contributed by atoms with Gasteiger partial charge in [-0.1, -0.05) is 20.3 Å². The maximum atomic E-state index is 11.2.